The first-order valence-corrected chi connectivity index (χ1v) is 9.87. The highest BCUT2D eigenvalue weighted by atomic mass is 35.5. The fourth-order valence-electron chi connectivity index (χ4n) is 4.23. The zero-order valence-electron chi connectivity index (χ0n) is 16.3. The Kier molecular flexibility index (Phi) is 7.68. The summed E-state index contributed by atoms with van der Waals surface area (Å²) in [6.07, 6.45) is 6.33. The quantitative estimate of drug-likeness (QED) is 0.855. The fourth-order valence-corrected chi connectivity index (χ4v) is 4.23. The Balaban J connectivity index is 0.00000261. The van der Waals surface area contributed by atoms with Crippen molar-refractivity contribution in [1.29, 1.82) is 0 Å². The summed E-state index contributed by atoms with van der Waals surface area (Å²) in [5.74, 6) is 0.266. The molecular weight excluding hydrogens is 362 g/mol. The van der Waals surface area contributed by atoms with Crippen molar-refractivity contribution in [2.75, 3.05) is 32.7 Å². The highest BCUT2D eigenvalue weighted by Crippen LogP contribution is 2.38. The fraction of sp³-hybridized carbons (Fsp3) is 0.619. The number of nitrogens with two attached hydrogens (primary N) is 1. The Morgan fingerprint density at radius 3 is 2.07 bits per heavy atom. The summed E-state index contributed by atoms with van der Waals surface area (Å²) >= 11 is 0. The molecule has 27 heavy (non-hydrogen) atoms. The summed E-state index contributed by atoms with van der Waals surface area (Å²) in [6, 6.07) is 7.68. The minimum Gasteiger partial charge on any atom is -0.339 e. The number of carbonyl (C=O) groups excluding carboxylic acids is 2. The number of piperazine rings is 1. The molecule has 0 spiro atoms. The van der Waals surface area contributed by atoms with Gasteiger partial charge in [-0.25, -0.2) is 0 Å². The van der Waals surface area contributed by atoms with E-state index in [9.17, 15) is 9.59 Å². The maximum Gasteiger partial charge on any atom is 0.253 e. The molecule has 5 nitrogen and oxygen atoms in total. The molecule has 0 bridgehead atoms. The first-order chi connectivity index (χ1) is 12.5. The van der Waals surface area contributed by atoms with Gasteiger partial charge in [-0.1, -0.05) is 37.0 Å². The second-order valence-corrected chi connectivity index (χ2v) is 7.98. The van der Waals surface area contributed by atoms with Crippen LogP contribution in [0.4, 0.5) is 0 Å². The summed E-state index contributed by atoms with van der Waals surface area (Å²) in [5, 5.41) is 0. The molecule has 1 aliphatic carbocycles. The van der Waals surface area contributed by atoms with E-state index in [0.29, 0.717) is 39.1 Å². The van der Waals surface area contributed by atoms with Crippen molar-refractivity contribution in [2.45, 2.75) is 45.4 Å². The van der Waals surface area contributed by atoms with Crippen LogP contribution in [-0.2, 0) is 4.79 Å². The molecule has 1 heterocycles. The van der Waals surface area contributed by atoms with Crippen LogP contribution in [0.1, 0.15) is 54.4 Å². The van der Waals surface area contributed by atoms with Crippen LogP contribution in [0, 0.1) is 12.3 Å². The highest BCUT2D eigenvalue weighted by Gasteiger charge is 2.35. The number of aryl methyl sites for hydroxylation is 1. The smallest absolute Gasteiger partial charge is 0.253 e. The molecule has 2 fully saturated rings. The minimum absolute atomic E-state index is 0. The van der Waals surface area contributed by atoms with Crippen LogP contribution in [0.25, 0.3) is 0 Å². The van der Waals surface area contributed by atoms with Gasteiger partial charge in [-0.15, -0.1) is 12.4 Å². The number of rotatable bonds is 4. The number of amides is 2. The average Bonchev–Trinajstić information content (AvgIpc) is 2.69. The van der Waals surface area contributed by atoms with Crippen molar-refractivity contribution >= 4 is 24.2 Å². The lowest BCUT2D eigenvalue weighted by molar-refractivity contribution is -0.135. The van der Waals surface area contributed by atoms with E-state index in [1.54, 1.807) is 0 Å². The van der Waals surface area contributed by atoms with E-state index in [4.69, 9.17) is 5.73 Å². The first-order valence-electron chi connectivity index (χ1n) is 9.87. The van der Waals surface area contributed by atoms with Crippen molar-refractivity contribution in [2.24, 2.45) is 11.1 Å². The third-order valence-corrected chi connectivity index (χ3v) is 6.09. The molecule has 2 aliphatic rings. The van der Waals surface area contributed by atoms with E-state index in [0.717, 1.165) is 24.0 Å². The lowest BCUT2D eigenvalue weighted by atomic mass is 9.71. The number of hydrogen-bond donors (Lipinski definition) is 1. The van der Waals surface area contributed by atoms with Gasteiger partial charge in [0, 0.05) is 38.2 Å². The average molecular weight is 394 g/mol. The van der Waals surface area contributed by atoms with E-state index in [-0.39, 0.29) is 29.6 Å². The van der Waals surface area contributed by atoms with E-state index < -0.39 is 0 Å². The second kappa shape index (κ2) is 9.56. The molecule has 1 aromatic carbocycles. The normalized spacial score (nSPS) is 19.3. The van der Waals surface area contributed by atoms with Gasteiger partial charge in [-0.2, -0.15) is 0 Å². The number of hydrogen-bond acceptors (Lipinski definition) is 3. The maximum absolute atomic E-state index is 12.8. The zero-order valence-corrected chi connectivity index (χ0v) is 17.1. The van der Waals surface area contributed by atoms with Gasteiger partial charge in [0.1, 0.15) is 0 Å². The molecule has 1 aromatic rings. The molecule has 0 atom stereocenters. The summed E-state index contributed by atoms with van der Waals surface area (Å²) in [7, 11) is 0. The molecule has 6 heteroatoms. The van der Waals surface area contributed by atoms with Gasteiger partial charge < -0.3 is 15.5 Å². The molecule has 0 aromatic heterocycles. The molecule has 1 saturated carbocycles. The van der Waals surface area contributed by atoms with Gasteiger partial charge in [-0.05, 0) is 43.9 Å². The third-order valence-electron chi connectivity index (χ3n) is 6.09. The van der Waals surface area contributed by atoms with Crippen LogP contribution in [0.5, 0.6) is 0 Å². The van der Waals surface area contributed by atoms with E-state index in [1.807, 2.05) is 41.0 Å². The summed E-state index contributed by atoms with van der Waals surface area (Å²) in [5.41, 5.74) is 7.90. The largest absolute Gasteiger partial charge is 0.339 e. The van der Waals surface area contributed by atoms with Crippen LogP contribution in [0.15, 0.2) is 24.3 Å². The molecule has 0 radical (unpaired) electrons. The van der Waals surface area contributed by atoms with Gasteiger partial charge >= 0.3 is 0 Å². The van der Waals surface area contributed by atoms with Crippen molar-refractivity contribution in [1.82, 2.24) is 9.80 Å². The van der Waals surface area contributed by atoms with Gasteiger partial charge in [0.2, 0.25) is 5.91 Å². The number of halogens is 1. The van der Waals surface area contributed by atoms with Crippen molar-refractivity contribution in [3.63, 3.8) is 0 Å². The molecule has 0 unspecified atom stereocenters. The van der Waals surface area contributed by atoms with Gasteiger partial charge in [-0.3, -0.25) is 9.59 Å². The third kappa shape index (κ3) is 5.23. The topological polar surface area (TPSA) is 66.6 Å². The lowest BCUT2D eigenvalue weighted by Crippen LogP contribution is -2.51. The number of carbonyl (C=O) groups is 2. The molecule has 1 saturated heterocycles. The van der Waals surface area contributed by atoms with Gasteiger partial charge in [0.25, 0.3) is 5.91 Å². The Hall–Kier alpha value is -1.59. The Morgan fingerprint density at radius 1 is 0.963 bits per heavy atom. The Morgan fingerprint density at radius 2 is 1.52 bits per heavy atom. The Labute approximate surface area is 168 Å². The molecule has 1 aliphatic heterocycles. The molecule has 150 valence electrons. The molecular formula is C21H32ClN3O2. The predicted octanol–water partition coefficient (Wildman–Crippen LogP) is 3.00. The minimum atomic E-state index is 0. The first kappa shape index (κ1) is 21.7. The van der Waals surface area contributed by atoms with Crippen molar-refractivity contribution in [3.8, 4) is 0 Å². The monoisotopic (exact) mass is 393 g/mol. The van der Waals surface area contributed by atoms with E-state index >= 15 is 0 Å². The maximum atomic E-state index is 12.8. The highest BCUT2D eigenvalue weighted by molar-refractivity contribution is 5.94. The van der Waals surface area contributed by atoms with E-state index in [1.165, 1.54) is 19.3 Å². The van der Waals surface area contributed by atoms with Crippen LogP contribution < -0.4 is 5.73 Å². The summed E-state index contributed by atoms with van der Waals surface area (Å²) in [6.45, 7) is 5.07. The van der Waals surface area contributed by atoms with Crippen LogP contribution in [-0.4, -0.2) is 54.3 Å². The molecule has 2 N–H and O–H groups in total. The standard InChI is InChI=1S/C21H31N3O2.ClH/c1-17-5-7-18(8-6-17)20(26)24-13-11-23(12-14-24)19(25)15-21(16-22)9-3-2-4-10-21;/h5-8H,2-4,9-16,22H2,1H3;1H. The van der Waals surface area contributed by atoms with Crippen LogP contribution >= 0.6 is 12.4 Å². The predicted molar refractivity (Wildman–Crippen MR) is 110 cm³/mol. The number of benzene rings is 1. The summed E-state index contributed by atoms with van der Waals surface area (Å²) in [4.78, 5) is 29.2. The van der Waals surface area contributed by atoms with Crippen LogP contribution in [0.3, 0.4) is 0 Å². The SMILES string of the molecule is Cc1ccc(C(=O)N2CCN(C(=O)CC3(CN)CCCCC3)CC2)cc1.Cl. The second-order valence-electron chi connectivity index (χ2n) is 7.98. The van der Waals surface area contributed by atoms with Crippen molar-refractivity contribution < 1.29 is 9.59 Å². The molecule has 3 rings (SSSR count). The number of nitrogens with zero attached hydrogens (tertiary/aromatic N) is 2. The Bertz CT molecular complexity index is 633. The lowest BCUT2D eigenvalue weighted by Gasteiger charge is -2.39. The molecule has 2 amide bonds. The summed E-state index contributed by atoms with van der Waals surface area (Å²) < 4.78 is 0. The zero-order chi connectivity index (χ0) is 18.6. The van der Waals surface area contributed by atoms with Crippen LogP contribution in [0.2, 0.25) is 0 Å². The van der Waals surface area contributed by atoms with Gasteiger partial charge in [0.15, 0.2) is 0 Å². The van der Waals surface area contributed by atoms with Crippen molar-refractivity contribution in [3.05, 3.63) is 35.4 Å². The van der Waals surface area contributed by atoms with E-state index in [2.05, 4.69) is 0 Å². The van der Waals surface area contributed by atoms with Gasteiger partial charge in [0.05, 0.1) is 0 Å².